The van der Waals surface area contributed by atoms with Crippen molar-refractivity contribution in [3.8, 4) is 5.75 Å². The highest BCUT2D eigenvalue weighted by atomic mass is 16.5. The van der Waals surface area contributed by atoms with E-state index < -0.39 is 0 Å². The summed E-state index contributed by atoms with van der Waals surface area (Å²) in [5.41, 5.74) is 3.83. The lowest BCUT2D eigenvalue weighted by Gasteiger charge is -2.20. The van der Waals surface area contributed by atoms with Crippen molar-refractivity contribution >= 4 is 11.6 Å². The number of hydrogen-bond donors (Lipinski definition) is 1. The lowest BCUT2D eigenvalue weighted by Crippen LogP contribution is -2.33. The van der Waals surface area contributed by atoms with E-state index in [9.17, 15) is 4.79 Å². The zero-order valence-electron chi connectivity index (χ0n) is 15.8. The molecule has 0 spiro atoms. The molecule has 0 saturated carbocycles. The van der Waals surface area contributed by atoms with Gasteiger partial charge in [-0.25, -0.2) is 0 Å². The fourth-order valence-corrected chi connectivity index (χ4v) is 2.81. The van der Waals surface area contributed by atoms with Crippen molar-refractivity contribution in [3.05, 3.63) is 59.2 Å². The smallest absolute Gasteiger partial charge is 0.251 e. The molecule has 0 saturated heterocycles. The van der Waals surface area contributed by atoms with Crippen molar-refractivity contribution in [2.24, 2.45) is 0 Å². The molecular formula is C21H28N2O2. The monoisotopic (exact) mass is 340 g/mol. The van der Waals surface area contributed by atoms with Gasteiger partial charge in [-0.15, -0.1) is 0 Å². The number of para-hydroxylation sites is 1. The normalized spacial score (nSPS) is 10.6. The summed E-state index contributed by atoms with van der Waals surface area (Å²) in [4.78, 5) is 14.7. The third kappa shape index (κ3) is 4.75. The maximum absolute atomic E-state index is 12.6. The predicted molar refractivity (Wildman–Crippen MR) is 104 cm³/mol. The largest absolute Gasteiger partial charge is 0.496 e. The number of nitrogens with zero attached hydrogens (tertiary/aromatic N) is 1. The number of aryl methyl sites for hydroxylation is 1. The molecule has 25 heavy (non-hydrogen) atoms. The molecule has 0 aliphatic carbocycles. The molecule has 0 radical (unpaired) electrons. The van der Waals surface area contributed by atoms with Crippen LogP contribution in [0.3, 0.4) is 0 Å². The minimum atomic E-state index is -0.0384. The Morgan fingerprint density at radius 2 is 1.88 bits per heavy atom. The minimum absolute atomic E-state index is 0.0384. The number of amides is 1. The van der Waals surface area contributed by atoms with Crippen LogP contribution in [0, 0.1) is 6.92 Å². The van der Waals surface area contributed by atoms with E-state index in [0.717, 1.165) is 29.1 Å². The van der Waals surface area contributed by atoms with Gasteiger partial charge in [0.25, 0.3) is 5.91 Å². The summed E-state index contributed by atoms with van der Waals surface area (Å²) in [7, 11) is 3.69. The summed E-state index contributed by atoms with van der Waals surface area (Å²) < 4.78 is 5.45. The zero-order chi connectivity index (χ0) is 18.4. The molecule has 0 heterocycles. The van der Waals surface area contributed by atoms with Crippen molar-refractivity contribution in [2.45, 2.75) is 26.7 Å². The highest BCUT2D eigenvalue weighted by molar-refractivity contribution is 5.96. The first kappa shape index (κ1) is 18.8. The molecule has 0 unspecified atom stereocenters. The number of ether oxygens (including phenoxy) is 1. The Hall–Kier alpha value is -2.49. The first-order chi connectivity index (χ1) is 11.9. The second-order valence-electron chi connectivity index (χ2n) is 6.58. The number of anilines is 1. The van der Waals surface area contributed by atoms with Crippen LogP contribution in [0.4, 0.5) is 5.69 Å². The van der Waals surface area contributed by atoms with Gasteiger partial charge in [-0.1, -0.05) is 32.0 Å². The molecule has 2 aromatic carbocycles. The number of benzene rings is 2. The molecule has 0 aromatic heterocycles. The average molecular weight is 340 g/mol. The van der Waals surface area contributed by atoms with E-state index in [1.807, 2.05) is 44.3 Å². The molecule has 0 aliphatic rings. The predicted octanol–water partition coefficient (Wildman–Crippen LogP) is 3.99. The third-order valence-corrected chi connectivity index (χ3v) is 4.37. The molecule has 2 rings (SSSR count). The number of carbonyl (C=O) groups is 1. The SMILES string of the molecule is COc1cc(C)c(C(=O)NCCN(C)c2ccccc2)cc1C(C)C. The summed E-state index contributed by atoms with van der Waals surface area (Å²) >= 11 is 0. The lowest BCUT2D eigenvalue weighted by atomic mass is 9.96. The van der Waals surface area contributed by atoms with Crippen molar-refractivity contribution < 1.29 is 9.53 Å². The number of nitrogens with one attached hydrogen (secondary N) is 1. The van der Waals surface area contributed by atoms with Crippen LogP contribution in [0.15, 0.2) is 42.5 Å². The zero-order valence-corrected chi connectivity index (χ0v) is 15.8. The summed E-state index contributed by atoms with van der Waals surface area (Å²) in [6.45, 7) is 7.49. The number of rotatable bonds is 7. The molecule has 2 aromatic rings. The van der Waals surface area contributed by atoms with Crippen molar-refractivity contribution in [2.75, 3.05) is 32.1 Å². The Kier molecular flexibility index (Phi) is 6.45. The molecule has 0 bridgehead atoms. The van der Waals surface area contributed by atoms with Crippen LogP contribution in [0.1, 0.15) is 41.3 Å². The molecule has 0 fully saturated rings. The molecule has 0 atom stereocenters. The van der Waals surface area contributed by atoms with Crippen LogP contribution >= 0.6 is 0 Å². The van der Waals surface area contributed by atoms with Crippen LogP contribution < -0.4 is 15.0 Å². The molecule has 1 amide bonds. The quantitative estimate of drug-likeness (QED) is 0.828. The first-order valence-corrected chi connectivity index (χ1v) is 8.67. The van der Waals surface area contributed by atoms with Gasteiger partial charge in [0, 0.05) is 31.4 Å². The summed E-state index contributed by atoms with van der Waals surface area (Å²) in [5.74, 6) is 1.10. The van der Waals surface area contributed by atoms with Crippen molar-refractivity contribution in [1.82, 2.24) is 5.32 Å². The van der Waals surface area contributed by atoms with Gasteiger partial charge < -0.3 is 15.0 Å². The van der Waals surface area contributed by atoms with Crippen molar-refractivity contribution in [3.63, 3.8) is 0 Å². The second kappa shape index (κ2) is 8.56. The van der Waals surface area contributed by atoms with Gasteiger partial charge in [0.2, 0.25) is 0 Å². The Labute approximate surface area is 150 Å². The Morgan fingerprint density at radius 1 is 1.20 bits per heavy atom. The van der Waals surface area contributed by atoms with E-state index >= 15 is 0 Å². The molecular weight excluding hydrogens is 312 g/mol. The van der Waals surface area contributed by atoms with Gasteiger partial charge in [-0.05, 0) is 48.2 Å². The maximum Gasteiger partial charge on any atom is 0.251 e. The number of carbonyl (C=O) groups excluding carboxylic acids is 1. The van der Waals surface area contributed by atoms with E-state index in [0.29, 0.717) is 18.0 Å². The fourth-order valence-electron chi connectivity index (χ4n) is 2.81. The van der Waals surface area contributed by atoms with E-state index in [-0.39, 0.29) is 5.91 Å². The molecule has 0 aliphatic heterocycles. The van der Waals surface area contributed by atoms with E-state index in [2.05, 4.69) is 36.2 Å². The van der Waals surface area contributed by atoms with Gasteiger partial charge in [0.15, 0.2) is 0 Å². The number of hydrogen-bond acceptors (Lipinski definition) is 3. The highest BCUT2D eigenvalue weighted by Crippen LogP contribution is 2.29. The van der Waals surface area contributed by atoms with Gasteiger partial charge in [0.1, 0.15) is 5.75 Å². The van der Waals surface area contributed by atoms with Crippen LogP contribution in [-0.4, -0.2) is 33.2 Å². The molecule has 4 nitrogen and oxygen atoms in total. The molecule has 4 heteroatoms. The average Bonchev–Trinajstić information content (AvgIpc) is 2.61. The Balaban J connectivity index is 2.02. The molecule has 134 valence electrons. The minimum Gasteiger partial charge on any atom is -0.496 e. The fraction of sp³-hybridized carbons (Fsp3) is 0.381. The third-order valence-electron chi connectivity index (χ3n) is 4.37. The van der Waals surface area contributed by atoms with Gasteiger partial charge in [0.05, 0.1) is 7.11 Å². The highest BCUT2D eigenvalue weighted by Gasteiger charge is 2.15. The van der Waals surface area contributed by atoms with Crippen LogP contribution in [-0.2, 0) is 0 Å². The van der Waals surface area contributed by atoms with E-state index in [4.69, 9.17) is 4.74 Å². The maximum atomic E-state index is 12.6. The number of likely N-dealkylation sites (N-methyl/N-ethyl adjacent to an activating group) is 1. The summed E-state index contributed by atoms with van der Waals surface area (Å²) in [6.07, 6.45) is 0. The summed E-state index contributed by atoms with van der Waals surface area (Å²) in [6, 6.07) is 14.0. The van der Waals surface area contributed by atoms with E-state index in [1.165, 1.54) is 0 Å². The van der Waals surface area contributed by atoms with Crippen LogP contribution in [0.2, 0.25) is 0 Å². The van der Waals surface area contributed by atoms with Crippen molar-refractivity contribution in [1.29, 1.82) is 0 Å². The van der Waals surface area contributed by atoms with Crippen LogP contribution in [0.25, 0.3) is 0 Å². The second-order valence-corrected chi connectivity index (χ2v) is 6.58. The Bertz CT molecular complexity index is 711. The topological polar surface area (TPSA) is 41.6 Å². The van der Waals surface area contributed by atoms with Gasteiger partial charge >= 0.3 is 0 Å². The standard InChI is InChI=1S/C21H28N2O2/c1-15(2)18-14-19(16(3)13-20(18)25-5)21(24)22-11-12-23(4)17-9-7-6-8-10-17/h6-10,13-15H,11-12H2,1-5H3,(H,22,24). The van der Waals surface area contributed by atoms with Crippen LogP contribution in [0.5, 0.6) is 5.75 Å². The molecule has 1 N–H and O–H groups in total. The Morgan fingerprint density at radius 3 is 2.48 bits per heavy atom. The summed E-state index contributed by atoms with van der Waals surface area (Å²) in [5, 5.41) is 3.02. The number of methoxy groups -OCH3 is 1. The first-order valence-electron chi connectivity index (χ1n) is 8.67. The van der Waals surface area contributed by atoms with Gasteiger partial charge in [-0.3, -0.25) is 4.79 Å². The lowest BCUT2D eigenvalue weighted by molar-refractivity contribution is 0.0954. The van der Waals surface area contributed by atoms with Gasteiger partial charge in [-0.2, -0.15) is 0 Å². The van der Waals surface area contributed by atoms with E-state index in [1.54, 1.807) is 7.11 Å².